The van der Waals surface area contributed by atoms with Crippen molar-refractivity contribution in [1.29, 1.82) is 0 Å². The summed E-state index contributed by atoms with van der Waals surface area (Å²) in [5.41, 5.74) is 0. The highest BCUT2D eigenvalue weighted by molar-refractivity contribution is 6.01. The number of amides is 3. The minimum absolute atomic E-state index is 0.0278. The van der Waals surface area contributed by atoms with Gasteiger partial charge in [-0.1, -0.05) is 110 Å². The minimum Gasteiger partial charge on any atom is -0.354 e. The second-order valence-corrected chi connectivity index (χ2v) is 9.20. The van der Waals surface area contributed by atoms with Crippen molar-refractivity contribution in [3.8, 4) is 0 Å². The van der Waals surface area contributed by atoms with Gasteiger partial charge in [0.2, 0.25) is 17.7 Å². The number of hydrogen-bond donors (Lipinski definition) is 1. The fourth-order valence-corrected chi connectivity index (χ4v) is 4.28. The Hall–Kier alpha value is -1.39. The van der Waals surface area contributed by atoms with E-state index in [0.29, 0.717) is 32.4 Å². The standard InChI is InChI=1S/C26H48N2O3/c1-2-3-4-5-6-7-8-9-10-11-12-13-14-15-16-17-18-19-24(29)27-22-23-28-25(30)20-21-26(28)31/h2-23H2,1H3,(H,27,29). The fourth-order valence-electron chi connectivity index (χ4n) is 4.28. The van der Waals surface area contributed by atoms with Crippen LogP contribution in [-0.4, -0.2) is 35.7 Å². The molecule has 1 rings (SSSR count). The van der Waals surface area contributed by atoms with Crippen LogP contribution in [-0.2, 0) is 14.4 Å². The summed E-state index contributed by atoms with van der Waals surface area (Å²) in [6.07, 6.45) is 23.8. The van der Waals surface area contributed by atoms with Crippen molar-refractivity contribution < 1.29 is 14.4 Å². The van der Waals surface area contributed by atoms with Gasteiger partial charge in [0.25, 0.3) is 0 Å². The summed E-state index contributed by atoms with van der Waals surface area (Å²) in [6.45, 7) is 2.95. The molecular formula is C26H48N2O3. The Morgan fingerprint density at radius 3 is 1.48 bits per heavy atom. The summed E-state index contributed by atoms with van der Waals surface area (Å²) in [5, 5.41) is 2.82. The predicted octanol–water partition coefficient (Wildman–Crippen LogP) is 6.29. The Kier molecular flexibility index (Phi) is 17.2. The highest BCUT2D eigenvalue weighted by atomic mass is 16.2. The maximum absolute atomic E-state index is 11.8. The topological polar surface area (TPSA) is 66.5 Å². The monoisotopic (exact) mass is 436 g/mol. The number of carbonyl (C=O) groups excluding carboxylic acids is 3. The molecule has 180 valence electrons. The zero-order valence-electron chi connectivity index (χ0n) is 20.2. The van der Waals surface area contributed by atoms with E-state index in [9.17, 15) is 14.4 Å². The Labute approximate surface area is 191 Å². The van der Waals surface area contributed by atoms with Gasteiger partial charge < -0.3 is 5.32 Å². The van der Waals surface area contributed by atoms with Gasteiger partial charge in [0, 0.05) is 32.4 Å². The smallest absolute Gasteiger partial charge is 0.229 e. The van der Waals surface area contributed by atoms with Crippen molar-refractivity contribution in [3.63, 3.8) is 0 Å². The predicted molar refractivity (Wildman–Crippen MR) is 128 cm³/mol. The first kappa shape index (κ1) is 27.6. The molecule has 1 N–H and O–H groups in total. The van der Waals surface area contributed by atoms with E-state index in [1.807, 2.05) is 0 Å². The van der Waals surface area contributed by atoms with E-state index in [0.717, 1.165) is 12.8 Å². The van der Waals surface area contributed by atoms with Gasteiger partial charge in [-0.3, -0.25) is 19.3 Å². The maximum Gasteiger partial charge on any atom is 0.229 e. The van der Waals surface area contributed by atoms with E-state index in [-0.39, 0.29) is 17.7 Å². The minimum atomic E-state index is -0.118. The van der Waals surface area contributed by atoms with Crippen LogP contribution in [0.5, 0.6) is 0 Å². The van der Waals surface area contributed by atoms with E-state index in [1.54, 1.807) is 0 Å². The summed E-state index contributed by atoms with van der Waals surface area (Å²) in [6, 6.07) is 0. The average Bonchev–Trinajstić information content (AvgIpc) is 3.08. The van der Waals surface area contributed by atoms with Crippen molar-refractivity contribution in [2.75, 3.05) is 13.1 Å². The molecule has 1 aliphatic rings. The number of carbonyl (C=O) groups is 3. The maximum atomic E-state index is 11.8. The molecule has 0 saturated carbocycles. The first-order valence-electron chi connectivity index (χ1n) is 13.2. The number of rotatable bonds is 21. The molecule has 1 aliphatic heterocycles. The van der Waals surface area contributed by atoms with Gasteiger partial charge in [0.1, 0.15) is 0 Å². The summed E-state index contributed by atoms with van der Waals surface area (Å²) >= 11 is 0. The molecule has 1 saturated heterocycles. The van der Waals surface area contributed by atoms with Crippen molar-refractivity contribution in [1.82, 2.24) is 10.2 Å². The number of unbranched alkanes of at least 4 members (excludes halogenated alkanes) is 16. The van der Waals surface area contributed by atoms with Gasteiger partial charge in [0.15, 0.2) is 0 Å². The Morgan fingerprint density at radius 1 is 0.677 bits per heavy atom. The van der Waals surface area contributed by atoms with Crippen LogP contribution in [0.15, 0.2) is 0 Å². The Morgan fingerprint density at radius 2 is 1.06 bits per heavy atom. The second-order valence-electron chi connectivity index (χ2n) is 9.20. The van der Waals surface area contributed by atoms with Crippen molar-refractivity contribution in [2.45, 2.75) is 135 Å². The zero-order chi connectivity index (χ0) is 22.6. The summed E-state index contributed by atoms with van der Waals surface area (Å²) < 4.78 is 0. The molecule has 31 heavy (non-hydrogen) atoms. The van der Waals surface area contributed by atoms with Gasteiger partial charge in [-0.25, -0.2) is 0 Å². The summed E-state index contributed by atoms with van der Waals surface area (Å²) in [7, 11) is 0. The molecule has 0 aromatic heterocycles. The molecule has 0 spiro atoms. The van der Waals surface area contributed by atoms with Crippen LogP contribution in [0.2, 0.25) is 0 Å². The molecule has 0 aliphatic carbocycles. The quantitative estimate of drug-likeness (QED) is 0.170. The van der Waals surface area contributed by atoms with E-state index in [4.69, 9.17) is 0 Å². The van der Waals surface area contributed by atoms with E-state index < -0.39 is 0 Å². The van der Waals surface area contributed by atoms with Gasteiger partial charge in [-0.2, -0.15) is 0 Å². The average molecular weight is 437 g/mol. The van der Waals surface area contributed by atoms with Crippen LogP contribution in [0.4, 0.5) is 0 Å². The van der Waals surface area contributed by atoms with Gasteiger partial charge in [0.05, 0.1) is 0 Å². The van der Waals surface area contributed by atoms with Gasteiger partial charge in [-0.05, 0) is 6.42 Å². The van der Waals surface area contributed by atoms with Crippen molar-refractivity contribution >= 4 is 17.7 Å². The first-order valence-corrected chi connectivity index (χ1v) is 13.2. The number of hydrogen-bond acceptors (Lipinski definition) is 3. The Bertz CT molecular complexity index is 477. The molecule has 5 nitrogen and oxygen atoms in total. The highest BCUT2D eigenvalue weighted by Gasteiger charge is 2.28. The number of imide groups is 1. The molecule has 5 heteroatoms. The lowest BCUT2D eigenvalue weighted by molar-refractivity contribution is -0.138. The number of likely N-dealkylation sites (tertiary alicyclic amines) is 1. The van der Waals surface area contributed by atoms with E-state index >= 15 is 0 Å². The van der Waals surface area contributed by atoms with Crippen LogP contribution >= 0.6 is 0 Å². The molecule has 3 amide bonds. The fraction of sp³-hybridized carbons (Fsp3) is 0.885. The molecule has 1 heterocycles. The molecule has 0 radical (unpaired) electrons. The molecule has 0 atom stereocenters. The number of nitrogens with zero attached hydrogens (tertiary/aromatic N) is 1. The molecule has 0 aromatic carbocycles. The highest BCUT2D eigenvalue weighted by Crippen LogP contribution is 2.14. The number of nitrogens with one attached hydrogen (secondary N) is 1. The van der Waals surface area contributed by atoms with E-state index in [2.05, 4.69) is 12.2 Å². The zero-order valence-corrected chi connectivity index (χ0v) is 20.2. The normalized spacial score (nSPS) is 13.9. The first-order chi connectivity index (χ1) is 15.1. The Balaban J connectivity index is 1.76. The van der Waals surface area contributed by atoms with Crippen LogP contribution in [0.1, 0.15) is 135 Å². The third-order valence-electron chi connectivity index (χ3n) is 6.32. The summed E-state index contributed by atoms with van der Waals surface area (Å²) in [4.78, 5) is 36.1. The lowest BCUT2D eigenvalue weighted by Crippen LogP contribution is -2.37. The van der Waals surface area contributed by atoms with Crippen molar-refractivity contribution in [3.05, 3.63) is 0 Å². The molecule has 0 bridgehead atoms. The van der Waals surface area contributed by atoms with Crippen LogP contribution in [0, 0.1) is 0 Å². The lowest BCUT2D eigenvalue weighted by Gasteiger charge is -2.13. The SMILES string of the molecule is CCCCCCCCCCCCCCCCCCCC(=O)NCCN1C(=O)CCC1=O. The van der Waals surface area contributed by atoms with Gasteiger partial charge in [-0.15, -0.1) is 0 Å². The second kappa shape index (κ2) is 19.3. The van der Waals surface area contributed by atoms with Crippen molar-refractivity contribution in [2.24, 2.45) is 0 Å². The van der Waals surface area contributed by atoms with E-state index in [1.165, 1.54) is 101 Å². The van der Waals surface area contributed by atoms with Gasteiger partial charge >= 0.3 is 0 Å². The molecule has 0 unspecified atom stereocenters. The summed E-state index contributed by atoms with van der Waals surface area (Å²) in [5.74, 6) is -0.208. The third-order valence-corrected chi connectivity index (χ3v) is 6.32. The lowest BCUT2D eigenvalue weighted by atomic mass is 10.0. The van der Waals surface area contributed by atoms with Crippen LogP contribution in [0.25, 0.3) is 0 Å². The third kappa shape index (κ3) is 15.1. The van der Waals surface area contributed by atoms with Crippen LogP contribution < -0.4 is 5.32 Å². The largest absolute Gasteiger partial charge is 0.354 e. The molecular weight excluding hydrogens is 388 g/mol. The molecule has 1 fully saturated rings. The molecule has 0 aromatic rings. The van der Waals surface area contributed by atoms with Crippen LogP contribution in [0.3, 0.4) is 0 Å².